The van der Waals surface area contributed by atoms with E-state index in [2.05, 4.69) is 10.3 Å². The van der Waals surface area contributed by atoms with E-state index in [0.29, 0.717) is 16.7 Å². The van der Waals surface area contributed by atoms with Crippen molar-refractivity contribution >= 4 is 39.7 Å². The quantitative estimate of drug-likeness (QED) is 0.614. The molecule has 1 aromatic heterocycles. The average molecular weight is 365 g/mol. The number of anilines is 1. The molecule has 3 nitrogen and oxygen atoms in total. The smallest absolute Gasteiger partial charge is 0.182 e. The lowest BCUT2D eigenvalue weighted by Gasteiger charge is -2.08. The minimum Gasteiger partial charge on any atom is -0.489 e. The van der Waals surface area contributed by atoms with Crippen LogP contribution in [0.25, 0.3) is 0 Å². The molecule has 2 aromatic carbocycles. The lowest BCUT2D eigenvalue weighted by atomic mass is 10.2. The van der Waals surface area contributed by atoms with Crippen LogP contribution in [0.15, 0.2) is 54.0 Å². The summed E-state index contributed by atoms with van der Waals surface area (Å²) in [7, 11) is 0. The van der Waals surface area contributed by atoms with Crippen molar-refractivity contribution in [1.82, 2.24) is 4.98 Å². The molecule has 0 atom stereocenters. The second-order valence-electron chi connectivity index (χ2n) is 4.87. The normalized spacial score (nSPS) is 10.5. The average Bonchev–Trinajstić information content (AvgIpc) is 3.08. The number of nitrogens with zero attached hydrogens (tertiary/aromatic N) is 1. The Morgan fingerprint density at radius 3 is 2.48 bits per heavy atom. The van der Waals surface area contributed by atoms with Crippen LogP contribution in [0.3, 0.4) is 0 Å². The van der Waals surface area contributed by atoms with Gasteiger partial charge in [0, 0.05) is 18.1 Å². The topological polar surface area (TPSA) is 34.1 Å². The lowest BCUT2D eigenvalue weighted by Crippen LogP contribution is -1.99. The van der Waals surface area contributed by atoms with Crippen LogP contribution >= 0.6 is 34.5 Å². The summed E-state index contributed by atoms with van der Waals surface area (Å²) >= 11 is 13.5. The van der Waals surface area contributed by atoms with Gasteiger partial charge in [0.15, 0.2) is 5.13 Å². The molecule has 3 aromatic rings. The predicted molar refractivity (Wildman–Crippen MR) is 96.7 cm³/mol. The Morgan fingerprint density at radius 2 is 1.78 bits per heavy atom. The molecule has 0 unspecified atom stereocenters. The third-order valence-corrected chi connectivity index (χ3v) is 4.66. The van der Waals surface area contributed by atoms with Gasteiger partial charge in [0.05, 0.1) is 10.0 Å². The predicted octanol–water partition coefficient (Wildman–Crippen LogP) is 5.64. The van der Waals surface area contributed by atoms with Crippen LogP contribution in [-0.2, 0) is 13.2 Å². The lowest BCUT2D eigenvalue weighted by molar-refractivity contribution is 0.306. The van der Waals surface area contributed by atoms with Crippen LogP contribution in [0.1, 0.15) is 11.1 Å². The van der Waals surface area contributed by atoms with Crippen LogP contribution in [0.5, 0.6) is 5.75 Å². The SMILES string of the molecule is Clc1ccc(COc2ccc(CNc3nccs3)cc2)cc1Cl. The first kappa shape index (κ1) is 16.1. The number of rotatable bonds is 6. The van der Waals surface area contributed by atoms with Crippen molar-refractivity contribution < 1.29 is 4.74 Å². The van der Waals surface area contributed by atoms with Crippen LogP contribution in [0.2, 0.25) is 10.0 Å². The fourth-order valence-corrected chi connectivity index (χ4v) is 2.84. The summed E-state index contributed by atoms with van der Waals surface area (Å²) in [6, 6.07) is 13.5. The summed E-state index contributed by atoms with van der Waals surface area (Å²) in [5.41, 5.74) is 2.15. The van der Waals surface area contributed by atoms with E-state index in [4.69, 9.17) is 27.9 Å². The third-order valence-electron chi connectivity index (χ3n) is 3.19. The molecule has 6 heteroatoms. The molecule has 0 fully saturated rings. The summed E-state index contributed by atoms with van der Waals surface area (Å²) in [4.78, 5) is 4.19. The Hall–Kier alpha value is -1.75. The number of hydrogen-bond acceptors (Lipinski definition) is 4. The number of benzene rings is 2. The van der Waals surface area contributed by atoms with Crippen molar-refractivity contribution in [1.29, 1.82) is 0 Å². The fraction of sp³-hybridized carbons (Fsp3) is 0.118. The molecule has 0 bridgehead atoms. The molecule has 1 heterocycles. The molecule has 0 aliphatic carbocycles. The van der Waals surface area contributed by atoms with Gasteiger partial charge in [-0.15, -0.1) is 11.3 Å². The highest BCUT2D eigenvalue weighted by Gasteiger charge is 2.02. The van der Waals surface area contributed by atoms with E-state index in [0.717, 1.165) is 23.0 Å². The third kappa shape index (κ3) is 4.61. The monoisotopic (exact) mass is 364 g/mol. The van der Waals surface area contributed by atoms with Crippen molar-refractivity contribution in [2.75, 3.05) is 5.32 Å². The highest BCUT2D eigenvalue weighted by Crippen LogP contribution is 2.23. The van der Waals surface area contributed by atoms with Crippen molar-refractivity contribution in [3.05, 3.63) is 75.2 Å². The first-order valence-corrected chi connectivity index (χ1v) is 8.63. The van der Waals surface area contributed by atoms with Crippen molar-refractivity contribution in [3.8, 4) is 5.75 Å². The molecular weight excluding hydrogens is 351 g/mol. The van der Waals surface area contributed by atoms with Gasteiger partial charge in [-0.05, 0) is 35.4 Å². The Labute approximate surface area is 148 Å². The summed E-state index contributed by atoms with van der Waals surface area (Å²) in [6.07, 6.45) is 1.78. The standard InChI is InChI=1S/C17H14Cl2N2OS/c18-15-6-3-13(9-16(15)19)11-22-14-4-1-12(2-5-14)10-21-17-20-7-8-23-17/h1-9H,10-11H2,(H,20,21). The van der Waals surface area contributed by atoms with E-state index in [1.54, 1.807) is 23.6 Å². The molecule has 23 heavy (non-hydrogen) atoms. The van der Waals surface area contributed by atoms with E-state index in [1.165, 1.54) is 5.56 Å². The second kappa shape index (κ2) is 7.68. The Bertz CT molecular complexity index is 761. The maximum Gasteiger partial charge on any atom is 0.182 e. The van der Waals surface area contributed by atoms with Gasteiger partial charge < -0.3 is 10.1 Å². The molecule has 0 aliphatic rings. The van der Waals surface area contributed by atoms with Gasteiger partial charge in [-0.1, -0.05) is 41.4 Å². The molecule has 3 rings (SSSR count). The van der Waals surface area contributed by atoms with E-state index < -0.39 is 0 Å². The number of ether oxygens (including phenoxy) is 1. The first-order chi connectivity index (χ1) is 11.2. The molecule has 1 N–H and O–H groups in total. The molecule has 0 amide bonds. The van der Waals surface area contributed by atoms with E-state index in [9.17, 15) is 0 Å². The fourth-order valence-electron chi connectivity index (χ4n) is 1.99. The highest BCUT2D eigenvalue weighted by atomic mass is 35.5. The van der Waals surface area contributed by atoms with Crippen LogP contribution in [0.4, 0.5) is 5.13 Å². The Morgan fingerprint density at radius 1 is 1.00 bits per heavy atom. The van der Waals surface area contributed by atoms with Crippen molar-refractivity contribution in [3.63, 3.8) is 0 Å². The zero-order chi connectivity index (χ0) is 16.1. The highest BCUT2D eigenvalue weighted by molar-refractivity contribution is 7.13. The molecule has 0 saturated heterocycles. The molecule has 118 valence electrons. The number of thiazole rings is 1. The van der Waals surface area contributed by atoms with E-state index >= 15 is 0 Å². The van der Waals surface area contributed by atoms with Gasteiger partial charge in [-0.3, -0.25) is 0 Å². The molecule has 0 saturated carbocycles. The number of hydrogen-bond donors (Lipinski definition) is 1. The Balaban J connectivity index is 1.53. The number of halogens is 2. The largest absolute Gasteiger partial charge is 0.489 e. The second-order valence-corrected chi connectivity index (χ2v) is 6.58. The van der Waals surface area contributed by atoms with Crippen molar-refractivity contribution in [2.24, 2.45) is 0 Å². The van der Waals surface area contributed by atoms with Gasteiger partial charge in [-0.2, -0.15) is 0 Å². The zero-order valence-corrected chi connectivity index (χ0v) is 14.5. The Kier molecular flexibility index (Phi) is 5.39. The van der Waals surface area contributed by atoms with Crippen LogP contribution < -0.4 is 10.1 Å². The number of aromatic nitrogens is 1. The summed E-state index contributed by atoms with van der Waals surface area (Å²) < 4.78 is 5.76. The summed E-state index contributed by atoms with van der Waals surface area (Å²) in [5, 5.41) is 7.22. The minimum atomic E-state index is 0.452. The first-order valence-electron chi connectivity index (χ1n) is 7.00. The van der Waals surface area contributed by atoms with Crippen molar-refractivity contribution in [2.45, 2.75) is 13.2 Å². The zero-order valence-electron chi connectivity index (χ0n) is 12.1. The van der Waals surface area contributed by atoms with Gasteiger partial charge in [0.25, 0.3) is 0 Å². The van der Waals surface area contributed by atoms with E-state index in [-0.39, 0.29) is 0 Å². The van der Waals surface area contributed by atoms with Crippen LogP contribution in [0, 0.1) is 0 Å². The molecule has 0 aliphatic heterocycles. The number of nitrogens with one attached hydrogen (secondary N) is 1. The van der Waals surface area contributed by atoms with Gasteiger partial charge in [0.2, 0.25) is 0 Å². The molecular formula is C17H14Cl2N2OS. The van der Waals surface area contributed by atoms with Gasteiger partial charge >= 0.3 is 0 Å². The van der Waals surface area contributed by atoms with E-state index in [1.807, 2.05) is 41.8 Å². The summed E-state index contributed by atoms with van der Waals surface area (Å²) in [6.45, 7) is 1.19. The molecule has 0 spiro atoms. The summed E-state index contributed by atoms with van der Waals surface area (Å²) in [5.74, 6) is 0.814. The minimum absolute atomic E-state index is 0.452. The molecule has 0 radical (unpaired) electrons. The maximum absolute atomic E-state index is 5.99. The van der Waals surface area contributed by atoms with Gasteiger partial charge in [0.1, 0.15) is 12.4 Å². The van der Waals surface area contributed by atoms with Gasteiger partial charge in [-0.25, -0.2) is 4.98 Å². The maximum atomic E-state index is 5.99. The van der Waals surface area contributed by atoms with Crippen LogP contribution in [-0.4, -0.2) is 4.98 Å².